The molecule has 7 heteroatoms. The Balaban J connectivity index is 2.06. The zero-order chi connectivity index (χ0) is 18.8. The molecule has 136 valence electrons. The molecule has 0 atom stereocenters. The Kier molecular flexibility index (Phi) is 6.18. The van der Waals surface area contributed by atoms with E-state index in [0.717, 1.165) is 5.56 Å². The molecule has 1 aromatic heterocycles. The molecule has 26 heavy (non-hydrogen) atoms. The summed E-state index contributed by atoms with van der Waals surface area (Å²) in [5.41, 5.74) is 1.36. The quantitative estimate of drug-likeness (QED) is 0.354. The van der Waals surface area contributed by atoms with E-state index in [1.807, 2.05) is 6.07 Å². The fourth-order valence-corrected chi connectivity index (χ4v) is 4.53. The van der Waals surface area contributed by atoms with Crippen molar-refractivity contribution >= 4 is 57.5 Å². The van der Waals surface area contributed by atoms with Crippen LogP contribution in [0, 0.1) is 5.92 Å². The zero-order valence-corrected chi connectivity index (χ0v) is 17.4. The number of hydrogen-bond acceptors (Lipinski definition) is 3. The summed E-state index contributed by atoms with van der Waals surface area (Å²) in [5.74, 6) is 0.831. The highest BCUT2D eigenvalue weighted by Gasteiger charge is 2.15. The third-order valence-electron chi connectivity index (χ3n) is 3.84. The van der Waals surface area contributed by atoms with Crippen molar-refractivity contribution in [3.8, 4) is 0 Å². The van der Waals surface area contributed by atoms with E-state index in [2.05, 4.69) is 18.8 Å². The topological polar surface area (TPSA) is 34.9 Å². The van der Waals surface area contributed by atoms with E-state index >= 15 is 0 Å². The molecule has 0 unspecified atom stereocenters. The fourth-order valence-electron chi connectivity index (χ4n) is 2.62. The lowest BCUT2D eigenvalue weighted by Crippen LogP contribution is -2.25. The lowest BCUT2D eigenvalue weighted by Gasteiger charge is -2.15. The van der Waals surface area contributed by atoms with Gasteiger partial charge < -0.3 is 0 Å². The van der Waals surface area contributed by atoms with Gasteiger partial charge in [-0.25, -0.2) is 4.98 Å². The maximum atomic E-state index is 13.0. The van der Waals surface area contributed by atoms with Crippen molar-refractivity contribution in [2.75, 3.05) is 0 Å². The van der Waals surface area contributed by atoms with Crippen LogP contribution in [0.15, 0.2) is 46.3 Å². The van der Waals surface area contributed by atoms with Gasteiger partial charge in [0.2, 0.25) is 0 Å². The van der Waals surface area contributed by atoms with Crippen molar-refractivity contribution in [3.63, 3.8) is 0 Å². The average molecular weight is 428 g/mol. The van der Waals surface area contributed by atoms with Crippen LogP contribution in [0.25, 0.3) is 10.9 Å². The first-order valence-corrected chi connectivity index (χ1v) is 10.2. The van der Waals surface area contributed by atoms with Crippen molar-refractivity contribution in [2.45, 2.75) is 31.3 Å². The Morgan fingerprint density at radius 2 is 1.81 bits per heavy atom. The van der Waals surface area contributed by atoms with Crippen molar-refractivity contribution in [1.29, 1.82) is 0 Å². The van der Waals surface area contributed by atoms with Gasteiger partial charge in [-0.15, -0.1) is 0 Å². The first-order valence-electron chi connectivity index (χ1n) is 8.12. The predicted octanol–water partition coefficient (Wildman–Crippen LogP) is 6.31. The second kappa shape index (κ2) is 8.22. The van der Waals surface area contributed by atoms with Gasteiger partial charge in [0.15, 0.2) is 5.16 Å². The average Bonchev–Trinajstić information content (AvgIpc) is 2.57. The Morgan fingerprint density at radius 1 is 1.12 bits per heavy atom. The van der Waals surface area contributed by atoms with E-state index in [1.165, 1.54) is 11.8 Å². The molecule has 0 amide bonds. The summed E-state index contributed by atoms with van der Waals surface area (Å²) >= 11 is 20.0. The molecular formula is C19H17Cl3N2OS. The van der Waals surface area contributed by atoms with Gasteiger partial charge >= 0.3 is 0 Å². The predicted molar refractivity (Wildman–Crippen MR) is 112 cm³/mol. The smallest absolute Gasteiger partial charge is 0.262 e. The molecule has 3 rings (SSSR count). The highest BCUT2D eigenvalue weighted by Crippen LogP contribution is 2.31. The molecule has 0 saturated heterocycles. The van der Waals surface area contributed by atoms with Crippen LogP contribution in [0.4, 0.5) is 0 Å². The van der Waals surface area contributed by atoms with Crippen molar-refractivity contribution in [1.82, 2.24) is 9.55 Å². The molecule has 0 fully saturated rings. The van der Waals surface area contributed by atoms with E-state index in [1.54, 1.807) is 34.9 Å². The summed E-state index contributed by atoms with van der Waals surface area (Å²) in [7, 11) is 0. The van der Waals surface area contributed by atoms with Crippen molar-refractivity contribution < 1.29 is 0 Å². The third kappa shape index (κ3) is 4.20. The van der Waals surface area contributed by atoms with Crippen LogP contribution >= 0.6 is 46.6 Å². The molecular weight excluding hydrogens is 411 g/mol. The monoisotopic (exact) mass is 426 g/mol. The Labute approximate surface area is 171 Å². The molecule has 0 aliphatic carbocycles. The summed E-state index contributed by atoms with van der Waals surface area (Å²) in [6.07, 6.45) is 0. The van der Waals surface area contributed by atoms with Crippen LogP contribution in [0.3, 0.4) is 0 Å². The lowest BCUT2D eigenvalue weighted by molar-refractivity contribution is 0.475. The van der Waals surface area contributed by atoms with Gasteiger partial charge in [-0.2, -0.15) is 0 Å². The Hall–Kier alpha value is -1.20. The Morgan fingerprint density at radius 3 is 2.46 bits per heavy atom. The molecule has 0 aliphatic rings. The van der Waals surface area contributed by atoms with Crippen molar-refractivity contribution in [3.05, 3.63) is 67.4 Å². The van der Waals surface area contributed by atoms with Gasteiger partial charge in [-0.3, -0.25) is 9.36 Å². The van der Waals surface area contributed by atoms with Gasteiger partial charge in [0, 0.05) is 27.4 Å². The van der Waals surface area contributed by atoms with Gasteiger partial charge in [0.05, 0.1) is 10.9 Å². The summed E-state index contributed by atoms with van der Waals surface area (Å²) in [6, 6.07) is 10.6. The van der Waals surface area contributed by atoms with Crippen molar-refractivity contribution in [2.24, 2.45) is 5.92 Å². The molecule has 0 radical (unpaired) electrons. The highest BCUT2D eigenvalue weighted by atomic mass is 35.5. The number of nitrogens with zero attached hydrogens (tertiary/aromatic N) is 2. The molecule has 3 aromatic rings. The number of thioether (sulfide) groups is 1. The van der Waals surface area contributed by atoms with Crippen LogP contribution in [-0.4, -0.2) is 9.55 Å². The second-order valence-corrected chi connectivity index (χ2v) is 8.55. The highest BCUT2D eigenvalue weighted by molar-refractivity contribution is 7.98. The number of benzene rings is 2. The van der Waals surface area contributed by atoms with E-state index < -0.39 is 0 Å². The van der Waals surface area contributed by atoms with Gasteiger partial charge in [0.25, 0.3) is 5.56 Å². The largest absolute Gasteiger partial charge is 0.287 e. The van der Waals surface area contributed by atoms with Gasteiger partial charge in [0.1, 0.15) is 0 Å². The summed E-state index contributed by atoms with van der Waals surface area (Å²) in [4.78, 5) is 17.6. The molecule has 0 N–H and O–H groups in total. The van der Waals surface area contributed by atoms with E-state index in [-0.39, 0.29) is 5.56 Å². The van der Waals surface area contributed by atoms with Crippen LogP contribution in [-0.2, 0) is 12.3 Å². The minimum Gasteiger partial charge on any atom is -0.287 e. The third-order valence-corrected chi connectivity index (χ3v) is 5.78. The number of hydrogen-bond donors (Lipinski definition) is 0. The SMILES string of the molecule is CC(C)Cn1c(SCc2c(Cl)cccc2Cl)nc2cc(Cl)ccc2c1=O. The molecule has 1 heterocycles. The normalized spacial score (nSPS) is 11.5. The van der Waals surface area contributed by atoms with Gasteiger partial charge in [-0.05, 0) is 41.8 Å². The molecule has 0 bridgehead atoms. The molecule has 3 nitrogen and oxygen atoms in total. The number of rotatable bonds is 5. The standard InChI is InChI=1S/C19H17Cl3N2OS/c1-11(2)9-24-18(25)13-7-6-12(20)8-17(13)23-19(24)26-10-14-15(21)4-3-5-16(14)22/h3-8,11H,9-10H2,1-2H3. The minimum absolute atomic E-state index is 0.0619. The number of fused-ring (bicyclic) bond motifs is 1. The molecule has 2 aromatic carbocycles. The van der Waals surface area contributed by atoms with Crippen LogP contribution in [0.5, 0.6) is 0 Å². The summed E-state index contributed by atoms with van der Waals surface area (Å²) in [6.45, 7) is 4.72. The molecule has 0 spiro atoms. The summed E-state index contributed by atoms with van der Waals surface area (Å²) in [5, 5.41) is 2.96. The van der Waals surface area contributed by atoms with E-state index in [4.69, 9.17) is 34.8 Å². The van der Waals surface area contributed by atoms with Crippen LogP contribution in [0.1, 0.15) is 19.4 Å². The summed E-state index contributed by atoms with van der Waals surface area (Å²) < 4.78 is 1.72. The zero-order valence-electron chi connectivity index (χ0n) is 14.3. The molecule has 0 saturated carbocycles. The van der Waals surface area contributed by atoms with Crippen LogP contribution < -0.4 is 5.56 Å². The minimum atomic E-state index is -0.0619. The maximum absolute atomic E-state index is 13.0. The van der Waals surface area contributed by atoms with Crippen LogP contribution in [0.2, 0.25) is 15.1 Å². The van der Waals surface area contributed by atoms with E-state index in [9.17, 15) is 4.79 Å². The Bertz CT molecular complexity index is 997. The molecule has 0 aliphatic heterocycles. The van der Waals surface area contributed by atoms with E-state index in [0.29, 0.717) is 49.3 Å². The second-order valence-electron chi connectivity index (χ2n) is 6.35. The first kappa shape index (κ1) is 19.6. The first-order chi connectivity index (χ1) is 12.4. The van der Waals surface area contributed by atoms with Gasteiger partial charge in [-0.1, -0.05) is 66.5 Å². The number of halogens is 3. The number of aromatic nitrogens is 2. The lowest BCUT2D eigenvalue weighted by atomic mass is 10.2. The fraction of sp³-hybridized carbons (Fsp3) is 0.263. The maximum Gasteiger partial charge on any atom is 0.262 e.